The van der Waals surface area contributed by atoms with Gasteiger partial charge >= 0.3 is 0 Å². The molecule has 108 valence electrons. The molecule has 0 fully saturated rings. The minimum atomic E-state index is -3.81. The summed E-state index contributed by atoms with van der Waals surface area (Å²) in [5.74, 6) is -0.253. The summed E-state index contributed by atoms with van der Waals surface area (Å²) >= 11 is 0. The third-order valence-electron chi connectivity index (χ3n) is 2.75. The summed E-state index contributed by atoms with van der Waals surface area (Å²) in [7, 11) is -2.43. The molecule has 1 N–H and O–H groups in total. The van der Waals surface area contributed by atoms with E-state index in [1.807, 2.05) is 0 Å². The van der Waals surface area contributed by atoms with E-state index in [1.54, 1.807) is 6.07 Å². The Balaban J connectivity index is 2.21. The van der Waals surface area contributed by atoms with Crippen LogP contribution in [0.3, 0.4) is 0 Å². The summed E-state index contributed by atoms with van der Waals surface area (Å²) in [6.45, 7) is -0.349. The van der Waals surface area contributed by atoms with Crippen molar-refractivity contribution in [3.8, 4) is 0 Å². The van der Waals surface area contributed by atoms with Gasteiger partial charge in [-0.15, -0.1) is 0 Å². The van der Waals surface area contributed by atoms with E-state index >= 15 is 0 Å². The van der Waals surface area contributed by atoms with E-state index in [2.05, 4.69) is 0 Å². The molecule has 0 spiro atoms. The van der Waals surface area contributed by atoms with Crippen LogP contribution in [0.15, 0.2) is 45.9 Å². The van der Waals surface area contributed by atoms with Crippen LogP contribution in [-0.2, 0) is 23.2 Å². The molecule has 0 unspecified atom stereocenters. The number of aliphatic hydroxyl groups is 1. The Hall–Kier alpha value is -1.70. The molecule has 0 saturated heterocycles. The van der Waals surface area contributed by atoms with Crippen LogP contribution in [-0.4, -0.2) is 24.9 Å². The van der Waals surface area contributed by atoms with Crippen LogP contribution in [0, 0.1) is 5.82 Å². The molecule has 0 bridgehead atoms. The van der Waals surface area contributed by atoms with Gasteiger partial charge in [0, 0.05) is 13.6 Å². The normalized spacial score (nSPS) is 12.0. The van der Waals surface area contributed by atoms with Crippen LogP contribution in [0.2, 0.25) is 0 Å². The number of halogens is 1. The summed E-state index contributed by atoms with van der Waals surface area (Å²) in [6.07, 6.45) is 0. The number of hydrogen-bond donors (Lipinski definition) is 1. The van der Waals surface area contributed by atoms with Gasteiger partial charge in [0.25, 0.3) is 10.0 Å². The molecule has 1 heterocycles. The molecule has 0 radical (unpaired) electrons. The Morgan fingerprint density at radius 2 is 2.05 bits per heavy atom. The van der Waals surface area contributed by atoms with Crippen molar-refractivity contribution in [3.63, 3.8) is 0 Å². The van der Waals surface area contributed by atoms with E-state index in [9.17, 15) is 12.8 Å². The second-order valence-electron chi connectivity index (χ2n) is 4.27. The maximum absolute atomic E-state index is 13.1. The van der Waals surface area contributed by atoms with Crippen LogP contribution in [0.5, 0.6) is 0 Å². The molecule has 7 heteroatoms. The number of rotatable bonds is 5. The smallest absolute Gasteiger partial charge is 0.276 e. The lowest BCUT2D eigenvalue weighted by atomic mass is 10.2. The van der Waals surface area contributed by atoms with Crippen LogP contribution in [0.25, 0.3) is 0 Å². The number of sulfonamides is 1. The standard InChI is InChI=1S/C13H14FNO4S/c1-15(8-10-3-2-4-11(14)7-10)20(17,18)13-6-5-12(9-16)19-13/h2-7,16H,8-9H2,1H3. The molecule has 2 aromatic rings. The van der Waals surface area contributed by atoms with Gasteiger partial charge in [-0.05, 0) is 29.8 Å². The lowest BCUT2D eigenvalue weighted by Crippen LogP contribution is -2.26. The number of hydrogen-bond acceptors (Lipinski definition) is 4. The van der Waals surface area contributed by atoms with Gasteiger partial charge < -0.3 is 9.52 Å². The van der Waals surface area contributed by atoms with Crippen molar-refractivity contribution in [2.45, 2.75) is 18.2 Å². The van der Waals surface area contributed by atoms with Gasteiger partial charge in [-0.2, -0.15) is 4.31 Å². The lowest BCUT2D eigenvalue weighted by molar-refractivity contribution is 0.235. The molecule has 1 aromatic carbocycles. The number of benzene rings is 1. The van der Waals surface area contributed by atoms with Crippen molar-refractivity contribution in [1.82, 2.24) is 4.31 Å². The second kappa shape index (κ2) is 5.74. The third-order valence-corrected chi connectivity index (χ3v) is 4.43. The van der Waals surface area contributed by atoms with Crippen molar-refractivity contribution < 1.29 is 22.3 Å². The van der Waals surface area contributed by atoms with Gasteiger partial charge in [-0.1, -0.05) is 12.1 Å². The molecule has 0 aliphatic heterocycles. The Morgan fingerprint density at radius 3 is 2.65 bits per heavy atom. The first-order valence-electron chi connectivity index (χ1n) is 5.84. The fourth-order valence-electron chi connectivity index (χ4n) is 1.71. The maximum atomic E-state index is 13.1. The van der Waals surface area contributed by atoms with Gasteiger partial charge in [0.1, 0.15) is 18.2 Å². The molecule has 0 atom stereocenters. The number of furan rings is 1. The maximum Gasteiger partial charge on any atom is 0.276 e. The van der Waals surface area contributed by atoms with Gasteiger partial charge in [0.05, 0.1) is 0 Å². The van der Waals surface area contributed by atoms with E-state index in [0.29, 0.717) is 5.56 Å². The van der Waals surface area contributed by atoms with Crippen molar-refractivity contribution in [1.29, 1.82) is 0 Å². The molecule has 2 rings (SSSR count). The van der Waals surface area contributed by atoms with E-state index in [-0.39, 0.29) is 24.0 Å². The molecule has 5 nitrogen and oxygen atoms in total. The van der Waals surface area contributed by atoms with Gasteiger partial charge in [-0.25, -0.2) is 12.8 Å². The fourth-order valence-corrected chi connectivity index (χ4v) is 2.79. The molecule has 0 aliphatic carbocycles. The predicted octanol–water partition coefficient (Wildman–Crippen LogP) is 1.73. The zero-order valence-electron chi connectivity index (χ0n) is 10.8. The SMILES string of the molecule is CN(Cc1cccc(F)c1)S(=O)(=O)c1ccc(CO)o1. The summed E-state index contributed by atoms with van der Waals surface area (Å²) in [5.41, 5.74) is 0.532. The average Bonchev–Trinajstić information content (AvgIpc) is 2.88. The highest BCUT2D eigenvalue weighted by Crippen LogP contribution is 2.19. The molecule has 1 aromatic heterocycles. The first-order valence-corrected chi connectivity index (χ1v) is 7.28. The van der Waals surface area contributed by atoms with Crippen molar-refractivity contribution in [2.75, 3.05) is 7.05 Å². The largest absolute Gasteiger partial charge is 0.446 e. The van der Waals surface area contributed by atoms with Gasteiger partial charge in [-0.3, -0.25) is 0 Å². The summed E-state index contributed by atoms with van der Waals surface area (Å²) in [4.78, 5) is 0. The first kappa shape index (κ1) is 14.7. The Labute approximate surface area is 116 Å². The highest BCUT2D eigenvalue weighted by Gasteiger charge is 2.24. The zero-order valence-corrected chi connectivity index (χ0v) is 11.6. The van der Waals surface area contributed by atoms with Crippen LogP contribution in [0.1, 0.15) is 11.3 Å². The average molecular weight is 299 g/mol. The van der Waals surface area contributed by atoms with Crippen molar-refractivity contribution in [2.24, 2.45) is 0 Å². The van der Waals surface area contributed by atoms with Crippen LogP contribution < -0.4 is 0 Å². The van der Waals surface area contributed by atoms with Gasteiger partial charge in [0.2, 0.25) is 5.09 Å². The first-order chi connectivity index (χ1) is 9.43. The quantitative estimate of drug-likeness (QED) is 0.913. The molecule has 0 saturated carbocycles. The van der Waals surface area contributed by atoms with Crippen LogP contribution in [0.4, 0.5) is 4.39 Å². The third kappa shape index (κ3) is 3.06. The number of nitrogens with zero attached hydrogens (tertiary/aromatic N) is 1. The molecule has 20 heavy (non-hydrogen) atoms. The molecule has 0 aliphatic rings. The fraction of sp³-hybridized carbons (Fsp3) is 0.231. The Kier molecular flexibility index (Phi) is 4.22. The van der Waals surface area contributed by atoms with Gasteiger partial charge in [0.15, 0.2) is 0 Å². The monoisotopic (exact) mass is 299 g/mol. The number of aliphatic hydroxyl groups excluding tert-OH is 1. The Morgan fingerprint density at radius 1 is 1.30 bits per heavy atom. The lowest BCUT2D eigenvalue weighted by Gasteiger charge is -2.15. The van der Waals surface area contributed by atoms with Crippen molar-refractivity contribution in [3.05, 3.63) is 53.5 Å². The highest BCUT2D eigenvalue weighted by molar-refractivity contribution is 7.88. The summed E-state index contributed by atoms with van der Waals surface area (Å²) < 4.78 is 43.6. The Bertz CT molecular complexity index is 696. The molecule has 0 amide bonds. The zero-order chi connectivity index (χ0) is 14.8. The minimum absolute atomic E-state index is 0.0231. The van der Waals surface area contributed by atoms with E-state index in [0.717, 1.165) is 4.31 Å². The van der Waals surface area contributed by atoms with E-state index in [4.69, 9.17) is 9.52 Å². The molecular formula is C13H14FNO4S. The topological polar surface area (TPSA) is 70.8 Å². The second-order valence-corrected chi connectivity index (χ2v) is 6.25. The van der Waals surface area contributed by atoms with Crippen LogP contribution >= 0.6 is 0 Å². The summed E-state index contributed by atoms with van der Waals surface area (Å²) in [5, 5.41) is 8.63. The minimum Gasteiger partial charge on any atom is -0.446 e. The van der Waals surface area contributed by atoms with E-state index in [1.165, 1.54) is 37.4 Å². The highest BCUT2D eigenvalue weighted by atomic mass is 32.2. The predicted molar refractivity (Wildman–Crippen MR) is 69.7 cm³/mol. The van der Waals surface area contributed by atoms with E-state index < -0.39 is 15.8 Å². The summed E-state index contributed by atoms with van der Waals surface area (Å²) in [6, 6.07) is 8.38. The molecular weight excluding hydrogens is 285 g/mol. The van der Waals surface area contributed by atoms with Crippen molar-refractivity contribution >= 4 is 10.0 Å².